The number of anilines is 1. The van der Waals surface area contributed by atoms with Crippen LogP contribution in [0.2, 0.25) is 0 Å². The predicted molar refractivity (Wildman–Crippen MR) is 122 cm³/mol. The number of benzene rings is 2. The van der Waals surface area contributed by atoms with Gasteiger partial charge in [0.25, 0.3) is 5.91 Å². The Hall–Kier alpha value is -3.35. The number of nitrogens with zero attached hydrogens (tertiary/aromatic N) is 2. The maximum atomic E-state index is 13.2. The van der Waals surface area contributed by atoms with Gasteiger partial charge in [-0.2, -0.15) is 0 Å². The first-order chi connectivity index (χ1) is 15.1. The molecule has 32 heavy (non-hydrogen) atoms. The van der Waals surface area contributed by atoms with Crippen molar-refractivity contribution in [1.29, 1.82) is 0 Å². The van der Waals surface area contributed by atoms with Gasteiger partial charge >= 0.3 is 0 Å². The van der Waals surface area contributed by atoms with E-state index in [4.69, 9.17) is 0 Å². The standard InChI is InChI=1S/C25H28F2N4O/c1-24(2,18-5-9-20(26)10-6-18)15-30-22(32)17-13-28-23(29-14-17)31-16-25(3,4)19-7-11-21(27)12-8-19/h5-14H,15-16H2,1-4H3,(H,30,32)(H,28,29,31). The van der Waals surface area contributed by atoms with E-state index in [2.05, 4.69) is 20.6 Å². The molecular weight excluding hydrogens is 410 g/mol. The van der Waals surface area contributed by atoms with Crippen LogP contribution >= 0.6 is 0 Å². The Morgan fingerprint density at radius 1 is 0.781 bits per heavy atom. The van der Waals surface area contributed by atoms with E-state index in [1.807, 2.05) is 27.7 Å². The highest BCUT2D eigenvalue weighted by molar-refractivity contribution is 5.93. The smallest absolute Gasteiger partial charge is 0.254 e. The van der Waals surface area contributed by atoms with Gasteiger partial charge in [-0.05, 0) is 35.4 Å². The van der Waals surface area contributed by atoms with Gasteiger partial charge in [0, 0.05) is 36.3 Å². The molecule has 0 saturated carbocycles. The second kappa shape index (κ2) is 9.42. The number of halogens is 2. The Bertz CT molecular complexity index is 1050. The summed E-state index contributed by atoms with van der Waals surface area (Å²) >= 11 is 0. The highest BCUT2D eigenvalue weighted by Crippen LogP contribution is 2.24. The molecule has 0 aliphatic rings. The lowest BCUT2D eigenvalue weighted by molar-refractivity contribution is 0.0945. The van der Waals surface area contributed by atoms with Gasteiger partial charge in [-0.15, -0.1) is 0 Å². The minimum Gasteiger partial charge on any atom is -0.353 e. The minimum absolute atomic E-state index is 0.265. The van der Waals surface area contributed by atoms with E-state index < -0.39 is 0 Å². The fourth-order valence-corrected chi connectivity index (χ4v) is 3.25. The van der Waals surface area contributed by atoms with Gasteiger partial charge in [0.05, 0.1) is 5.56 Å². The number of hydrogen-bond acceptors (Lipinski definition) is 4. The SMILES string of the molecule is CC(C)(CNC(=O)c1cnc(NCC(C)(C)c2ccc(F)cc2)nc1)c1ccc(F)cc1. The summed E-state index contributed by atoms with van der Waals surface area (Å²) in [5.41, 5.74) is 1.64. The molecule has 0 saturated heterocycles. The number of hydrogen-bond donors (Lipinski definition) is 2. The molecule has 0 radical (unpaired) electrons. The molecule has 1 amide bonds. The van der Waals surface area contributed by atoms with Crippen LogP contribution in [0.15, 0.2) is 60.9 Å². The molecule has 1 aromatic heterocycles. The topological polar surface area (TPSA) is 66.9 Å². The van der Waals surface area contributed by atoms with E-state index >= 15 is 0 Å². The third-order valence-corrected chi connectivity index (χ3v) is 5.54. The fourth-order valence-electron chi connectivity index (χ4n) is 3.25. The van der Waals surface area contributed by atoms with Gasteiger partial charge in [-0.3, -0.25) is 4.79 Å². The minimum atomic E-state index is -0.363. The molecule has 7 heteroatoms. The Balaban J connectivity index is 1.56. The van der Waals surface area contributed by atoms with Gasteiger partial charge in [0.1, 0.15) is 11.6 Å². The summed E-state index contributed by atoms with van der Waals surface area (Å²) in [6, 6.07) is 12.7. The van der Waals surface area contributed by atoms with Crippen molar-refractivity contribution >= 4 is 11.9 Å². The van der Waals surface area contributed by atoms with Gasteiger partial charge in [-0.25, -0.2) is 18.7 Å². The fraction of sp³-hybridized carbons (Fsp3) is 0.320. The van der Waals surface area contributed by atoms with Crippen LogP contribution in [0.1, 0.15) is 49.2 Å². The zero-order valence-corrected chi connectivity index (χ0v) is 18.7. The number of carbonyl (C=O) groups is 1. The molecule has 0 spiro atoms. The van der Waals surface area contributed by atoms with Crippen LogP contribution in [0.25, 0.3) is 0 Å². The Labute approximate surface area is 187 Å². The van der Waals surface area contributed by atoms with E-state index in [1.54, 1.807) is 24.3 Å². The van der Waals surface area contributed by atoms with Crippen LogP contribution in [-0.4, -0.2) is 29.0 Å². The van der Waals surface area contributed by atoms with Gasteiger partial charge in [-0.1, -0.05) is 52.0 Å². The normalized spacial score (nSPS) is 11.8. The second-order valence-electron chi connectivity index (χ2n) is 9.11. The molecule has 0 atom stereocenters. The van der Waals surface area contributed by atoms with Crippen molar-refractivity contribution in [2.45, 2.75) is 38.5 Å². The van der Waals surface area contributed by atoms with Crippen molar-refractivity contribution < 1.29 is 13.6 Å². The molecule has 1 heterocycles. The summed E-state index contributed by atoms with van der Waals surface area (Å²) in [6.07, 6.45) is 2.95. The van der Waals surface area contributed by atoms with E-state index in [0.29, 0.717) is 24.6 Å². The van der Waals surface area contributed by atoms with E-state index in [1.165, 1.54) is 36.7 Å². The number of aromatic nitrogens is 2. The molecule has 5 nitrogen and oxygen atoms in total. The molecule has 3 rings (SSSR count). The lowest BCUT2D eigenvalue weighted by Crippen LogP contribution is -2.36. The lowest BCUT2D eigenvalue weighted by atomic mass is 9.84. The van der Waals surface area contributed by atoms with Crippen LogP contribution in [0, 0.1) is 11.6 Å². The zero-order valence-electron chi connectivity index (χ0n) is 18.7. The average molecular weight is 439 g/mol. The molecule has 2 N–H and O–H groups in total. The third-order valence-electron chi connectivity index (χ3n) is 5.54. The summed E-state index contributed by atoms with van der Waals surface area (Å²) in [7, 11) is 0. The summed E-state index contributed by atoms with van der Waals surface area (Å²) in [4.78, 5) is 21.0. The summed E-state index contributed by atoms with van der Waals surface area (Å²) in [6.45, 7) is 8.95. The third kappa shape index (κ3) is 5.87. The van der Waals surface area contributed by atoms with E-state index in [0.717, 1.165) is 11.1 Å². The van der Waals surface area contributed by atoms with Crippen molar-refractivity contribution in [2.75, 3.05) is 18.4 Å². The van der Waals surface area contributed by atoms with Crippen molar-refractivity contribution in [2.24, 2.45) is 0 Å². The molecule has 0 unspecified atom stereocenters. The van der Waals surface area contributed by atoms with Gasteiger partial charge in [0.2, 0.25) is 5.95 Å². The van der Waals surface area contributed by atoms with Gasteiger partial charge in [0.15, 0.2) is 0 Å². The van der Waals surface area contributed by atoms with Gasteiger partial charge < -0.3 is 10.6 Å². The highest BCUT2D eigenvalue weighted by atomic mass is 19.1. The Morgan fingerprint density at radius 2 is 1.22 bits per heavy atom. The van der Waals surface area contributed by atoms with Crippen LogP contribution in [-0.2, 0) is 10.8 Å². The van der Waals surface area contributed by atoms with E-state index in [-0.39, 0.29) is 28.4 Å². The zero-order chi connectivity index (χ0) is 23.4. The molecular formula is C25H28F2N4O. The summed E-state index contributed by atoms with van der Waals surface area (Å²) < 4.78 is 26.3. The predicted octanol–water partition coefficient (Wildman–Crippen LogP) is 4.85. The van der Waals surface area contributed by atoms with Crippen LogP contribution < -0.4 is 10.6 Å². The number of nitrogens with one attached hydrogen (secondary N) is 2. The molecule has 0 fully saturated rings. The van der Waals surface area contributed by atoms with Crippen molar-refractivity contribution in [3.63, 3.8) is 0 Å². The molecule has 0 aliphatic heterocycles. The monoisotopic (exact) mass is 438 g/mol. The quantitative estimate of drug-likeness (QED) is 0.528. The molecule has 0 aliphatic carbocycles. The highest BCUT2D eigenvalue weighted by Gasteiger charge is 2.23. The number of amides is 1. The summed E-state index contributed by atoms with van der Waals surface area (Å²) in [5, 5.41) is 6.06. The van der Waals surface area contributed by atoms with Crippen LogP contribution in [0.4, 0.5) is 14.7 Å². The second-order valence-corrected chi connectivity index (χ2v) is 9.11. The largest absolute Gasteiger partial charge is 0.353 e. The van der Waals surface area contributed by atoms with Crippen molar-refractivity contribution in [1.82, 2.24) is 15.3 Å². The molecule has 3 aromatic rings. The molecule has 2 aromatic carbocycles. The number of rotatable bonds is 8. The summed E-state index contributed by atoms with van der Waals surface area (Å²) in [5.74, 6) is -0.432. The van der Waals surface area contributed by atoms with E-state index in [9.17, 15) is 13.6 Å². The first-order valence-corrected chi connectivity index (χ1v) is 10.4. The van der Waals surface area contributed by atoms with Crippen LogP contribution in [0.3, 0.4) is 0 Å². The molecule has 0 bridgehead atoms. The maximum absolute atomic E-state index is 13.2. The lowest BCUT2D eigenvalue weighted by Gasteiger charge is -2.26. The van der Waals surface area contributed by atoms with Crippen LogP contribution in [0.5, 0.6) is 0 Å². The first kappa shape index (κ1) is 23.3. The van der Waals surface area contributed by atoms with Crippen molar-refractivity contribution in [3.8, 4) is 0 Å². The first-order valence-electron chi connectivity index (χ1n) is 10.4. The molecule has 168 valence electrons. The maximum Gasteiger partial charge on any atom is 0.254 e. The Morgan fingerprint density at radius 3 is 1.69 bits per heavy atom. The Kier molecular flexibility index (Phi) is 6.87. The number of carbonyl (C=O) groups excluding carboxylic acids is 1. The van der Waals surface area contributed by atoms with Crippen molar-refractivity contribution in [3.05, 3.63) is 89.2 Å². The average Bonchev–Trinajstić information content (AvgIpc) is 2.77.